The highest BCUT2D eigenvalue weighted by Crippen LogP contribution is 2.44. The molecule has 8 rings (SSSR count). The number of amides is 3. The molecule has 58 heavy (non-hydrogen) atoms. The lowest BCUT2D eigenvalue weighted by Gasteiger charge is -2.30. The molecule has 3 amide bonds. The lowest BCUT2D eigenvalue weighted by atomic mass is 9.92. The van der Waals surface area contributed by atoms with Crippen LogP contribution in [-0.2, 0) is 25.6 Å². The topological polar surface area (TPSA) is 164 Å². The zero-order valence-electron chi connectivity index (χ0n) is 34.5. The van der Waals surface area contributed by atoms with Gasteiger partial charge in [-0.15, -0.1) is 0 Å². The summed E-state index contributed by atoms with van der Waals surface area (Å²) in [7, 11) is 2.98. The number of hydrogen-bond donors (Lipinski definition) is 3. The highest BCUT2D eigenvalue weighted by molar-refractivity contribution is 6.07. The lowest BCUT2D eigenvalue weighted by molar-refractivity contribution is -0.135. The van der Waals surface area contributed by atoms with Gasteiger partial charge in [-0.3, -0.25) is 9.69 Å². The molecule has 2 aromatic heterocycles. The normalized spacial score (nSPS) is 20.9. The van der Waals surface area contributed by atoms with Crippen molar-refractivity contribution >= 4 is 39.9 Å². The summed E-state index contributed by atoms with van der Waals surface area (Å²) in [5.41, 5.74) is 6.07. The van der Waals surface area contributed by atoms with E-state index in [-0.39, 0.29) is 41.8 Å². The third kappa shape index (κ3) is 7.45. The third-order valence-electron chi connectivity index (χ3n) is 11.5. The number of likely N-dealkylation sites (tertiary alicyclic amines) is 2. The Hall–Kier alpha value is -5.63. The molecule has 3 aliphatic heterocycles. The molecule has 14 heteroatoms. The van der Waals surface area contributed by atoms with Crippen molar-refractivity contribution in [2.24, 2.45) is 17.8 Å². The molecular formula is C44H53N7O7. The summed E-state index contributed by atoms with van der Waals surface area (Å²) in [5, 5.41) is 4.75. The van der Waals surface area contributed by atoms with Gasteiger partial charge in [0.25, 0.3) is 0 Å². The van der Waals surface area contributed by atoms with Crippen LogP contribution in [0.15, 0.2) is 48.7 Å². The first-order chi connectivity index (χ1) is 27.7. The molecular weight excluding hydrogens is 739 g/mol. The van der Waals surface area contributed by atoms with Crippen LogP contribution >= 0.6 is 0 Å². The van der Waals surface area contributed by atoms with Gasteiger partial charge in [0, 0.05) is 37.1 Å². The van der Waals surface area contributed by atoms with E-state index in [0.29, 0.717) is 32.1 Å². The molecule has 0 spiro atoms. The second-order valence-electron chi connectivity index (χ2n) is 17.4. The van der Waals surface area contributed by atoms with Crippen molar-refractivity contribution in [1.29, 1.82) is 0 Å². The smallest absolute Gasteiger partial charge is 0.410 e. The second kappa shape index (κ2) is 15.3. The molecule has 5 aromatic rings. The maximum atomic E-state index is 13.8. The van der Waals surface area contributed by atoms with Gasteiger partial charge in [0.2, 0.25) is 5.91 Å². The number of nitrogens with zero attached hydrogens (tertiary/aromatic N) is 4. The number of hydrogen-bond acceptors (Lipinski definition) is 9. The van der Waals surface area contributed by atoms with Crippen LogP contribution in [0.5, 0.6) is 5.75 Å². The van der Waals surface area contributed by atoms with Gasteiger partial charge in [0.15, 0.2) is 0 Å². The van der Waals surface area contributed by atoms with E-state index >= 15 is 0 Å². The van der Waals surface area contributed by atoms with E-state index in [1.165, 1.54) is 7.11 Å². The fourth-order valence-corrected chi connectivity index (χ4v) is 8.78. The number of H-pyrrole nitrogens is 2. The number of imidazole rings is 2. The van der Waals surface area contributed by atoms with Crippen LogP contribution in [0.3, 0.4) is 0 Å². The Bertz CT molecular complexity index is 2380. The monoisotopic (exact) mass is 791 g/mol. The van der Waals surface area contributed by atoms with Crippen LogP contribution in [0.4, 0.5) is 9.59 Å². The average Bonchev–Trinajstić information content (AvgIpc) is 4.00. The van der Waals surface area contributed by atoms with Crippen molar-refractivity contribution < 1.29 is 33.3 Å². The molecule has 306 valence electrons. The Morgan fingerprint density at radius 2 is 1.76 bits per heavy atom. The molecule has 2 saturated heterocycles. The number of fused-ring (bicyclic) bond motifs is 6. The minimum absolute atomic E-state index is 0.120. The standard InChI is InChI=1S/C44H53N7O7/c1-23(2)37(49-42(53)56-8)41(52)50-19-24(3)13-34(50)39-45-18-33(47-39)27-9-11-29-28(15-27)22-57-36-17-30-26(16-31(29)36)10-12-32-38(30)48-40(46-32)35-14-25(21-55-7)20-51(35)43(54)58-44(4,5)6/h9-12,15-18,23-25,34-35,37H,13-14,19-22H2,1-8H3,(H,45,47)(H,46,48)(H,49,53)/t24-,25?,34-,35-,37-/m0/s1. The molecule has 5 atom stereocenters. The summed E-state index contributed by atoms with van der Waals surface area (Å²) in [6.45, 7) is 13.6. The summed E-state index contributed by atoms with van der Waals surface area (Å²) in [5.74, 6) is 2.40. The molecule has 2 fully saturated rings. The molecule has 1 unspecified atom stereocenters. The summed E-state index contributed by atoms with van der Waals surface area (Å²) in [6, 6.07) is 13.5. The van der Waals surface area contributed by atoms with Gasteiger partial charge in [0.1, 0.15) is 35.6 Å². The maximum Gasteiger partial charge on any atom is 0.410 e. The number of carbonyl (C=O) groups is 3. The quantitative estimate of drug-likeness (QED) is 0.142. The predicted molar refractivity (Wildman–Crippen MR) is 219 cm³/mol. The molecule has 3 N–H and O–H groups in total. The zero-order chi connectivity index (χ0) is 41.0. The SMILES string of the molecule is COCC1C[C@@H](c2nc3ccc4cc5c(cc4c3[nH]2)OCc2cc(-c3cnc([C@@H]4C[C@H](C)CN4C(=O)[C@@H](NC(=O)OC)C(C)C)[nH]3)ccc2-5)N(C(=O)OC(C)(C)C)C1. The summed E-state index contributed by atoms with van der Waals surface area (Å²) in [6.07, 6.45) is 2.32. The predicted octanol–water partition coefficient (Wildman–Crippen LogP) is 7.90. The van der Waals surface area contributed by atoms with Crippen molar-refractivity contribution in [3.63, 3.8) is 0 Å². The zero-order valence-corrected chi connectivity index (χ0v) is 34.5. The van der Waals surface area contributed by atoms with E-state index in [2.05, 4.69) is 58.6 Å². The fraction of sp³-hybridized carbons (Fsp3) is 0.477. The van der Waals surface area contributed by atoms with Gasteiger partial charge < -0.3 is 39.1 Å². The molecule has 5 heterocycles. The minimum Gasteiger partial charge on any atom is -0.488 e. The highest BCUT2D eigenvalue weighted by atomic mass is 16.6. The number of methoxy groups -OCH3 is 2. The summed E-state index contributed by atoms with van der Waals surface area (Å²) >= 11 is 0. The van der Waals surface area contributed by atoms with E-state index in [0.717, 1.165) is 74.2 Å². The Kier molecular flexibility index (Phi) is 10.3. The highest BCUT2D eigenvalue weighted by Gasteiger charge is 2.41. The van der Waals surface area contributed by atoms with Gasteiger partial charge in [-0.25, -0.2) is 19.6 Å². The molecule has 14 nitrogen and oxygen atoms in total. The van der Waals surface area contributed by atoms with E-state index in [9.17, 15) is 14.4 Å². The maximum absolute atomic E-state index is 13.8. The van der Waals surface area contributed by atoms with Gasteiger partial charge in [-0.2, -0.15) is 0 Å². The van der Waals surface area contributed by atoms with Crippen LogP contribution in [0.1, 0.15) is 83.7 Å². The number of nitrogens with one attached hydrogen (secondary N) is 3. The minimum atomic E-state index is -0.707. The third-order valence-corrected chi connectivity index (χ3v) is 11.5. The molecule has 3 aliphatic rings. The van der Waals surface area contributed by atoms with Crippen LogP contribution in [0, 0.1) is 17.8 Å². The van der Waals surface area contributed by atoms with Crippen molar-refractivity contribution in [3.05, 3.63) is 65.9 Å². The summed E-state index contributed by atoms with van der Waals surface area (Å²) < 4.78 is 22.5. The molecule has 3 aromatic carbocycles. The van der Waals surface area contributed by atoms with E-state index in [1.54, 1.807) is 12.0 Å². The van der Waals surface area contributed by atoms with Crippen LogP contribution in [0.2, 0.25) is 0 Å². The first-order valence-corrected chi connectivity index (χ1v) is 20.1. The van der Waals surface area contributed by atoms with E-state index < -0.39 is 17.7 Å². The van der Waals surface area contributed by atoms with Crippen LogP contribution in [-0.4, -0.2) is 93.4 Å². The lowest BCUT2D eigenvalue weighted by Crippen LogP contribution is -2.51. The number of benzene rings is 3. The second-order valence-corrected chi connectivity index (χ2v) is 17.4. The number of rotatable bonds is 8. The van der Waals surface area contributed by atoms with Gasteiger partial charge >= 0.3 is 12.2 Å². The van der Waals surface area contributed by atoms with Gasteiger partial charge in [-0.1, -0.05) is 39.0 Å². The Morgan fingerprint density at radius 1 is 0.966 bits per heavy atom. The number of alkyl carbamates (subject to hydrolysis) is 1. The number of ether oxygens (including phenoxy) is 4. The number of aromatic amines is 2. The molecule has 0 radical (unpaired) electrons. The van der Waals surface area contributed by atoms with E-state index in [1.807, 2.05) is 51.8 Å². The Morgan fingerprint density at radius 3 is 2.50 bits per heavy atom. The van der Waals surface area contributed by atoms with Crippen molar-refractivity contribution in [2.75, 3.05) is 33.9 Å². The fourth-order valence-electron chi connectivity index (χ4n) is 8.78. The first-order valence-electron chi connectivity index (χ1n) is 20.1. The largest absolute Gasteiger partial charge is 0.488 e. The Balaban J connectivity index is 1.05. The molecule has 0 saturated carbocycles. The summed E-state index contributed by atoms with van der Waals surface area (Å²) in [4.78, 5) is 59.6. The van der Waals surface area contributed by atoms with Crippen LogP contribution < -0.4 is 10.1 Å². The van der Waals surface area contributed by atoms with Crippen molar-refractivity contribution in [3.8, 4) is 28.1 Å². The number of aromatic nitrogens is 4. The number of carbonyl (C=O) groups excluding carboxylic acids is 3. The molecule has 0 aliphatic carbocycles. The van der Waals surface area contributed by atoms with Gasteiger partial charge in [-0.05, 0) is 91.8 Å². The van der Waals surface area contributed by atoms with Crippen molar-refractivity contribution in [2.45, 2.75) is 84.7 Å². The van der Waals surface area contributed by atoms with Gasteiger partial charge in [0.05, 0.1) is 48.7 Å². The average molecular weight is 792 g/mol. The molecule has 0 bridgehead atoms. The Labute approximate surface area is 338 Å². The first kappa shape index (κ1) is 39.2. The van der Waals surface area contributed by atoms with Crippen LogP contribution in [0.25, 0.3) is 44.2 Å². The van der Waals surface area contributed by atoms with Crippen molar-refractivity contribution in [1.82, 2.24) is 35.1 Å². The van der Waals surface area contributed by atoms with E-state index in [4.69, 9.17) is 28.9 Å².